The smallest absolute Gasteiger partial charge is 0.321 e. The molecule has 44 heavy (non-hydrogen) atoms. The van der Waals surface area contributed by atoms with Crippen LogP contribution in [0.3, 0.4) is 0 Å². The summed E-state index contributed by atoms with van der Waals surface area (Å²) in [5, 5.41) is 2.45. The standard InChI is InChI=1S/C32H38F2N4O5S/c1-7-37(8-2)31(40)35-27-15-14-22(19-26(27)34)44(41,42)38-28-20-29(43-6)21(3)18-24(28)32(30(38)39,16-11-17-36(4)5)23-12-9-10-13-25(23)33/h9-10,12-15,18-20H,7-8,11,16-17H2,1-6H3,(H,35,40). The highest BCUT2D eigenvalue weighted by molar-refractivity contribution is 7.93. The number of nitrogens with one attached hydrogen (secondary N) is 1. The molecule has 3 aromatic carbocycles. The van der Waals surface area contributed by atoms with Crippen LogP contribution in [0.5, 0.6) is 5.75 Å². The number of sulfonamides is 1. The molecule has 9 nitrogen and oxygen atoms in total. The van der Waals surface area contributed by atoms with Gasteiger partial charge in [-0.3, -0.25) is 4.79 Å². The van der Waals surface area contributed by atoms with Crippen LogP contribution in [-0.4, -0.2) is 71.0 Å². The summed E-state index contributed by atoms with van der Waals surface area (Å²) >= 11 is 0. The first kappa shape index (κ1) is 32.9. The molecule has 0 saturated heterocycles. The number of hydrogen-bond acceptors (Lipinski definition) is 6. The Hall–Kier alpha value is -4.03. The van der Waals surface area contributed by atoms with E-state index in [1.807, 2.05) is 19.0 Å². The Kier molecular flexibility index (Phi) is 9.65. The van der Waals surface area contributed by atoms with Crippen molar-refractivity contribution < 1.29 is 31.5 Å². The Morgan fingerprint density at radius 1 is 1.00 bits per heavy atom. The second kappa shape index (κ2) is 12.9. The van der Waals surface area contributed by atoms with Crippen molar-refractivity contribution in [1.82, 2.24) is 9.80 Å². The normalized spacial score (nSPS) is 16.3. The number of urea groups is 1. The van der Waals surface area contributed by atoms with E-state index in [-0.39, 0.29) is 23.4 Å². The summed E-state index contributed by atoms with van der Waals surface area (Å²) < 4.78 is 65.5. The molecule has 236 valence electrons. The van der Waals surface area contributed by atoms with Crippen molar-refractivity contribution in [3.63, 3.8) is 0 Å². The molecule has 1 aliphatic heterocycles. The van der Waals surface area contributed by atoms with Gasteiger partial charge in [-0.2, -0.15) is 0 Å². The molecule has 3 aromatic rings. The minimum atomic E-state index is -4.73. The molecule has 3 amide bonds. The van der Waals surface area contributed by atoms with E-state index in [4.69, 9.17) is 4.74 Å². The second-order valence-electron chi connectivity index (χ2n) is 10.9. The minimum Gasteiger partial charge on any atom is -0.496 e. The van der Waals surface area contributed by atoms with Crippen LogP contribution in [0.25, 0.3) is 0 Å². The Morgan fingerprint density at radius 2 is 1.68 bits per heavy atom. The Balaban J connectivity index is 1.90. The van der Waals surface area contributed by atoms with Gasteiger partial charge in [-0.15, -0.1) is 0 Å². The topological polar surface area (TPSA) is 99.3 Å². The van der Waals surface area contributed by atoms with E-state index in [1.165, 1.54) is 36.3 Å². The van der Waals surface area contributed by atoms with Gasteiger partial charge in [-0.1, -0.05) is 18.2 Å². The summed E-state index contributed by atoms with van der Waals surface area (Å²) in [6.07, 6.45) is 0.557. The van der Waals surface area contributed by atoms with Crippen molar-refractivity contribution in [2.45, 2.75) is 43.9 Å². The van der Waals surface area contributed by atoms with E-state index < -0.39 is 43.9 Å². The molecule has 0 saturated carbocycles. The largest absolute Gasteiger partial charge is 0.496 e. The zero-order valence-corrected chi connectivity index (χ0v) is 26.6. The summed E-state index contributed by atoms with van der Waals surface area (Å²) in [6.45, 7) is 6.67. The number of rotatable bonds is 11. The lowest BCUT2D eigenvalue weighted by atomic mass is 9.71. The van der Waals surface area contributed by atoms with Crippen molar-refractivity contribution in [2.24, 2.45) is 0 Å². The van der Waals surface area contributed by atoms with Gasteiger partial charge in [0.25, 0.3) is 15.9 Å². The monoisotopic (exact) mass is 628 g/mol. The summed E-state index contributed by atoms with van der Waals surface area (Å²) in [4.78, 5) is 30.0. The number of aryl methyl sites for hydroxylation is 1. The number of ether oxygens (including phenoxy) is 1. The summed E-state index contributed by atoms with van der Waals surface area (Å²) in [7, 11) is 0.429. The maximum absolute atomic E-state index is 15.6. The average Bonchev–Trinajstić information content (AvgIpc) is 3.21. The van der Waals surface area contributed by atoms with Crippen LogP contribution < -0.4 is 14.4 Å². The van der Waals surface area contributed by atoms with Crippen molar-refractivity contribution in [1.29, 1.82) is 0 Å². The molecule has 0 bridgehead atoms. The molecule has 1 atom stereocenters. The molecule has 1 aliphatic rings. The lowest BCUT2D eigenvalue weighted by Gasteiger charge is -2.30. The molecule has 4 rings (SSSR count). The molecular formula is C32H38F2N4O5S. The quantitative estimate of drug-likeness (QED) is 0.300. The van der Waals surface area contributed by atoms with Gasteiger partial charge >= 0.3 is 6.03 Å². The van der Waals surface area contributed by atoms with Crippen LogP contribution in [0.15, 0.2) is 59.5 Å². The van der Waals surface area contributed by atoms with E-state index in [0.717, 1.165) is 18.2 Å². The zero-order chi connectivity index (χ0) is 32.4. The number of benzene rings is 3. The summed E-state index contributed by atoms with van der Waals surface area (Å²) in [5.74, 6) is -2.19. The minimum absolute atomic E-state index is 0.00452. The molecule has 1 N–H and O–H groups in total. The van der Waals surface area contributed by atoms with Crippen molar-refractivity contribution in [3.8, 4) is 5.75 Å². The Labute approximate surface area is 257 Å². The van der Waals surface area contributed by atoms with E-state index in [9.17, 15) is 18.0 Å². The number of anilines is 2. The predicted molar refractivity (Wildman–Crippen MR) is 166 cm³/mol. The van der Waals surface area contributed by atoms with Crippen molar-refractivity contribution in [3.05, 3.63) is 82.9 Å². The fourth-order valence-corrected chi connectivity index (χ4v) is 7.20. The second-order valence-corrected chi connectivity index (χ2v) is 12.7. The van der Waals surface area contributed by atoms with E-state index >= 15 is 8.78 Å². The maximum atomic E-state index is 15.6. The van der Waals surface area contributed by atoms with Crippen molar-refractivity contribution >= 4 is 33.3 Å². The first-order valence-electron chi connectivity index (χ1n) is 14.4. The van der Waals surface area contributed by atoms with Crippen LogP contribution >= 0.6 is 0 Å². The zero-order valence-electron chi connectivity index (χ0n) is 25.8. The molecule has 1 unspecified atom stereocenters. The lowest BCUT2D eigenvalue weighted by molar-refractivity contribution is -0.121. The van der Waals surface area contributed by atoms with Crippen LogP contribution in [0.4, 0.5) is 25.0 Å². The van der Waals surface area contributed by atoms with E-state index in [2.05, 4.69) is 5.32 Å². The maximum Gasteiger partial charge on any atom is 0.321 e. The van der Waals surface area contributed by atoms with Crippen LogP contribution in [-0.2, 0) is 20.2 Å². The summed E-state index contributed by atoms with van der Waals surface area (Å²) in [5.41, 5.74) is -0.895. The van der Waals surface area contributed by atoms with Gasteiger partial charge in [-0.25, -0.2) is 26.3 Å². The number of hydrogen-bond donors (Lipinski definition) is 1. The summed E-state index contributed by atoms with van der Waals surface area (Å²) in [6, 6.07) is 11.5. The third-order valence-corrected chi connectivity index (χ3v) is 9.70. The molecular weight excluding hydrogens is 590 g/mol. The van der Waals surface area contributed by atoms with Crippen molar-refractivity contribution in [2.75, 3.05) is 50.5 Å². The highest BCUT2D eigenvalue weighted by Crippen LogP contribution is 2.53. The van der Waals surface area contributed by atoms with Gasteiger partial charge in [0.1, 0.15) is 22.8 Å². The van der Waals surface area contributed by atoms with Gasteiger partial charge in [-0.05, 0) is 95.7 Å². The number of fused-ring (bicyclic) bond motifs is 1. The van der Waals surface area contributed by atoms with E-state index in [1.54, 1.807) is 32.9 Å². The third-order valence-electron chi connectivity index (χ3n) is 8.00. The Morgan fingerprint density at radius 3 is 2.27 bits per heavy atom. The number of carbonyl (C=O) groups excluding carboxylic acids is 2. The SMILES string of the molecule is CCN(CC)C(=O)Nc1ccc(S(=O)(=O)N2C(=O)C(CCCN(C)C)(c3ccccc3F)c3cc(C)c(OC)cc32)cc1F. The first-order chi connectivity index (χ1) is 20.8. The molecule has 1 heterocycles. The lowest BCUT2D eigenvalue weighted by Crippen LogP contribution is -2.44. The molecule has 0 fully saturated rings. The van der Waals surface area contributed by atoms with Gasteiger partial charge in [0.05, 0.1) is 23.4 Å². The number of amides is 3. The van der Waals surface area contributed by atoms with Crippen LogP contribution in [0.1, 0.15) is 43.4 Å². The highest BCUT2D eigenvalue weighted by atomic mass is 32.2. The number of carbonyl (C=O) groups is 2. The fourth-order valence-electron chi connectivity index (χ4n) is 5.72. The van der Waals surface area contributed by atoms with Gasteiger partial charge in [0, 0.05) is 24.7 Å². The van der Waals surface area contributed by atoms with Gasteiger partial charge in [0.2, 0.25) is 0 Å². The van der Waals surface area contributed by atoms with E-state index in [0.29, 0.717) is 47.2 Å². The molecule has 0 radical (unpaired) electrons. The van der Waals surface area contributed by atoms with Crippen LogP contribution in [0, 0.1) is 18.6 Å². The predicted octanol–water partition coefficient (Wildman–Crippen LogP) is 5.52. The number of nitrogens with zero attached hydrogens (tertiary/aromatic N) is 3. The number of methoxy groups -OCH3 is 1. The number of halogens is 2. The Bertz CT molecular complexity index is 1680. The van der Waals surface area contributed by atoms with Gasteiger partial charge < -0.3 is 19.9 Å². The van der Waals surface area contributed by atoms with Crippen LogP contribution in [0.2, 0.25) is 0 Å². The first-order valence-corrected chi connectivity index (χ1v) is 15.8. The molecule has 0 aliphatic carbocycles. The van der Waals surface area contributed by atoms with Gasteiger partial charge in [0.15, 0.2) is 0 Å². The average molecular weight is 629 g/mol. The highest BCUT2D eigenvalue weighted by Gasteiger charge is 2.56. The molecule has 0 aromatic heterocycles. The molecule has 12 heteroatoms. The molecule has 0 spiro atoms. The third kappa shape index (κ3) is 5.75. The fraction of sp³-hybridized carbons (Fsp3) is 0.375.